The van der Waals surface area contributed by atoms with E-state index in [1.807, 2.05) is 30.3 Å². The van der Waals surface area contributed by atoms with Gasteiger partial charge in [0.05, 0.1) is 44.2 Å². The third kappa shape index (κ3) is 14.5. The molecule has 1 aliphatic rings. The molecule has 0 heterocycles. The van der Waals surface area contributed by atoms with Crippen molar-refractivity contribution in [2.24, 2.45) is 0 Å². The number of carbonyl (C=O) groups excluding carboxylic acids is 2. The van der Waals surface area contributed by atoms with Crippen LogP contribution in [0.25, 0.3) is 0 Å². The first-order valence-electron chi connectivity index (χ1n) is 23.3. The maximum atomic E-state index is 15.2. The van der Waals surface area contributed by atoms with Crippen LogP contribution in [0.3, 0.4) is 0 Å². The number of carbonyl (C=O) groups is 2. The van der Waals surface area contributed by atoms with Crippen LogP contribution in [0.15, 0.2) is 42.5 Å². The van der Waals surface area contributed by atoms with Gasteiger partial charge in [0, 0.05) is 11.1 Å². The van der Waals surface area contributed by atoms with Crippen molar-refractivity contribution >= 4 is 11.6 Å². The summed E-state index contributed by atoms with van der Waals surface area (Å²) >= 11 is 0. The Labute approximate surface area is 356 Å². The Morgan fingerprint density at radius 2 is 0.712 bits per heavy atom. The number of fused-ring (bicyclic) bond motifs is 2. The first-order valence-corrected chi connectivity index (χ1v) is 23.3. The lowest BCUT2D eigenvalue weighted by Gasteiger charge is -2.27. The van der Waals surface area contributed by atoms with Crippen LogP contribution in [-0.4, -0.2) is 44.6 Å². The van der Waals surface area contributed by atoms with Gasteiger partial charge in [0.25, 0.3) is 0 Å². The van der Waals surface area contributed by atoms with Crippen molar-refractivity contribution in [3.05, 3.63) is 70.3 Å². The van der Waals surface area contributed by atoms with Gasteiger partial charge in [-0.2, -0.15) is 0 Å². The van der Waals surface area contributed by atoms with Gasteiger partial charge in [0.2, 0.25) is 11.5 Å². The van der Waals surface area contributed by atoms with E-state index in [9.17, 15) is 0 Å². The number of ether oxygens (including phenoxy) is 6. The van der Waals surface area contributed by atoms with Gasteiger partial charge in [-0.1, -0.05) is 161 Å². The maximum absolute atomic E-state index is 15.2. The fraction of sp³-hybridized carbons (Fsp3) is 0.608. The molecule has 0 atom stereocenters. The molecular formula is C51H74O8. The molecule has 0 spiro atoms. The fourth-order valence-corrected chi connectivity index (χ4v) is 7.34. The Bertz CT molecular complexity index is 1680. The summed E-state index contributed by atoms with van der Waals surface area (Å²) in [4.78, 5) is 30.4. The van der Waals surface area contributed by atoms with Crippen molar-refractivity contribution < 1.29 is 38.0 Å². The van der Waals surface area contributed by atoms with Gasteiger partial charge in [-0.15, -0.1) is 0 Å². The molecule has 0 saturated carbocycles. The van der Waals surface area contributed by atoms with Crippen LogP contribution >= 0.6 is 0 Å². The minimum absolute atomic E-state index is 0.177. The highest BCUT2D eigenvalue weighted by Gasteiger charge is 2.41. The average molecular weight is 815 g/mol. The number of unbranched alkanes of at least 4 members (excludes halogenated alkanes) is 15. The number of hydrogen-bond donors (Lipinski definition) is 0. The van der Waals surface area contributed by atoms with E-state index in [4.69, 9.17) is 28.4 Å². The van der Waals surface area contributed by atoms with Crippen molar-refractivity contribution in [1.29, 1.82) is 0 Å². The predicted molar refractivity (Wildman–Crippen MR) is 239 cm³/mol. The second kappa shape index (κ2) is 27.5. The summed E-state index contributed by atoms with van der Waals surface area (Å²) in [5, 5.41) is 0. The van der Waals surface area contributed by atoms with E-state index in [0.717, 1.165) is 134 Å². The minimum Gasteiger partial charge on any atom is -0.490 e. The van der Waals surface area contributed by atoms with Gasteiger partial charge in [-0.25, -0.2) is 0 Å². The quantitative estimate of drug-likeness (QED) is 0.0439. The second-order valence-corrected chi connectivity index (χ2v) is 15.9. The molecule has 326 valence electrons. The van der Waals surface area contributed by atoms with Crippen molar-refractivity contribution in [3.8, 4) is 34.5 Å². The predicted octanol–water partition coefficient (Wildman–Crippen LogP) is 13.8. The molecule has 59 heavy (non-hydrogen) atoms. The third-order valence-corrected chi connectivity index (χ3v) is 10.8. The van der Waals surface area contributed by atoms with E-state index in [0.29, 0.717) is 56.0 Å². The molecule has 8 nitrogen and oxygen atoms in total. The molecule has 0 saturated heterocycles. The molecule has 0 radical (unpaired) electrons. The van der Waals surface area contributed by atoms with E-state index in [1.54, 1.807) is 12.1 Å². The highest BCUT2D eigenvalue weighted by Crippen LogP contribution is 2.51. The van der Waals surface area contributed by atoms with Crippen LogP contribution in [0.1, 0.15) is 200 Å². The lowest BCUT2D eigenvalue weighted by Crippen LogP contribution is -2.25. The molecule has 0 aliphatic heterocycles. The molecule has 4 rings (SSSR count). The topological polar surface area (TPSA) is 89.5 Å². The van der Waals surface area contributed by atoms with Crippen LogP contribution in [0.4, 0.5) is 0 Å². The summed E-state index contributed by atoms with van der Waals surface area (Å²) in [5.41, 5.74) is 1.74. The van der Waals surface area contributed by atoms with Gasteiger partial charge in [-0.3, -0.25) is 9.59 Å². The first kappa shape index (κ1) is 47.5. The molecule has 0 N–H and O–H groups in total. The number of rotatable bonds is 33. The third-order valence-electron chi connectivity index (χ3n) is 10.8. The van der Waals surface area contributed by atoms with E-state index in [1.165, 1.54) is 0 Å². The molecule has 3 aromatic carbocycles. The van der Waals surface area contributed by atoms with Crippen LogP contribution < -0.4 is 28.4 Å². The Balaban J connectivity index is 1.89. The summed E-state index contributed by atoms with van der Waals surface area (Å²) in [5.74, 6) is 1.43. The van der Waals surface area contributed by atoms with Gasteiger partial charge in [0.15, 0.2) is 34.6 Å². The molecule has 0 aromatic heterocycles. The van der Waals surface area contributed by atoms with Gasteiger partial charge in [-0.05, 0) is 49.8 Å². The maximum Gasteiger partial charge on any atom is 0.204 e. The lowest BCUT2D eigenvalue weighted by molar-refractivity contribution is 0.0968. The normalized spacial score (nSPS) is 11.9. The Morgan fingerprint density at radius 1 is 0.373 bits per heavy atom. The summed E-state index contributed by atoms with van der Waals surface area (Å²) in [6.07, 6.45) is 20.4. The summed E-state index contributed by atoms with van der Waals surface area (Å²) in [6.45, 7) is 13.2. The van der Waals surface area contributed by atoms with E-state index in [-0.39, 0.29) is 51.9 Å². The molecule has 1 aliphatic carbocycles. The first-order chi connectivity index (χ1) is 29.0. The molecule has 0 bridgehead atoms. The van der Waals surface area contributed by atoms with Gasteiger partial charge in [0.1, 0.15) is 6.61 Å². The van der Waals surface area contributed by atoms with E-state index in [2.05, 4.69) is 34.6 Å². The highest BCUT2D eigenvalue weighted by atomic mass is 16.5. The average Bonchev–Trinajstić information content (AvgIpc) is 3.25. The van der Waals surface area contributed by atoms with Crippen LogP contribution in [0, 0.1) is 0 Å². The highest BCUT2D eigenvalue weighted by molar-refractivity contribution is 6.31. The summed E-state index contributed by atoms with van der Waals surface area (Å²) in [6, 6.07) is 13.2. The van der Waals surface area contributed by atoms with E-state index >= 15 is 9.59 Å². The SMILES string of the molecule is CCCCCCOc1cc2c(c(OCCCCCC)c1OCCCCCC)C(=O)c1cc(OCCCCCC)c(OCCCCCC)c(OCc3ccccc3)c1C2=O. The Kier molecular flexibility index (Phi) is 22.2. The van der Waals surface area contributed by atoms with Crippen molar-refractivity contribution in [2.45, 2.75) is 170 Å². The smallest absolute Gasteiger partial charge is 0.204 e. The molecule has 8 heteroatoms. The number of benzene rings is 3. The molecule has 0 fully saturated rings. The van der Waals surface area contributed by atoms with Gasteiger partial charge >= 0.3 is 0 Å². The fourth-order valence-electron chi connectivity index (χ4n) is 7.34. The van der Waals surface area contributed by atoms with Gasteiger partial charge < -0.3 is 28.4 Å². The van der Waals surface area contributed by atoms with Crippen LogP contribution in [0.2, 0.25) is 0 Å². The minimum atomic E-state index is -0.343. The number of hydrogen-bond acceptors (Lipinski definition) is 8. The van der Waals surface area contributed by atoms with Crippen LogP contribution in [-0.2, 0) is 6.61 Å². The van der Waals surface area contributed by atoms with Crippen LogP contribution in [0.5, 0.6) is 34.5 Å². The molecule has 0 amide bonds. The Morgan fingerprint density at radius 3 is 1.08 bits per heavy atom. The largest absolute Gasteiger partial charge is 0.490 e. The number of ketones is 2. The molecule has 3 aromatic rings. The monoisotopic (exact) mass is 815 g/mol. The second-order valence-electron chi connectivity index (χ2n) is 15.9. The van der Waals surface area contributed by atoms with Crippen molar-refractivity contribution in [3.63, 3.8) is 0 Å². The lowest BCUT2D eigenvalue weighted by atomic mass is 9.82. The van der Waals surface area contributed by atoms with Crippen molar-refractivity contribution in [2.75, 3.05) is 33.0 Å². The molecule has 0 unspecified atom stereocenters. The van der Waals surface area contributed by atoms with E-state index < -0.39 is 0 Å². The summed E-state index contributed by atoms with van der Waals surface area (Å²) in [7, 11) is 0. The molecular weight excluding hydrogens is 741 g/mol. The summed E-state index contributed by atoms with van der Waals surface area (Å²) < 4.78 is 39.3. The Hall–Kier alpha value is -4.20. The standard InChI is InChI=1S/C51H74O8/c1-6-11-16-24-31-54-42-36-40-44(50(58-35-28-20-15-10-5)48(42)56-33-26-18-13-8-3)46(52)41-37-43(55-32-25-17-12-7-2)49(57-34-27-19-14-9-4)51(45(41)47(40)53)59-38-39-29-22-21-23-30-39/h21-23,29-30,36-37H,6-20,24-28,31-35,38H2,1-5H3. The zero-order valence-corrected chi connectivity index (χ0v) is 37.2. The zero-order chi connectivity index (χ0) is 42.1. The zero-order valence-electron chi connectivity index (χ0n) is 37.2. The van der Waals surface area contributed by atoms with Crippen molar-refractivity contribution in [1.82, 2.24) is 0 Å².